The third-order valence-corrected chi connectivity index (χ3v) is 6.03. The first kappa shape index (κ1) is 24.8. The number of halogens is 2. The average molecular weight is 514 g/mol. The number of ether oxygens (including phenoxy) is 1. The van der Waals surface area contributed by atoms with Gasteiger partial charge in [0.05, 0.1) is 18.3 Å². The number of Topliss-reactive ketones (excluding diaryl/α,β-unsaturated/α-hetero) is 1. The number of carboxylic acids is 1. The fraction of sp³-hybridized carbons (Fsp3) is 0.125. The Morgan fingerprint density at radius 1 is 1.22 bits per heavy atom. The van der Waals surface area contributed by atoms with Crippen LogP contribution in [0.15, 0.2) is 59.5 Å². The van der Waals surface area contributed by atoms with Crippen LogP contribution in [-0.4, -0.2) is 39.4 Å². The fourth-order valence-corrected chi connectivity index (χ4v) is 4.10. The third-order valence-electron chi connectivity index (χ3n) is 5.73. The molecule has 36 heavy (non-hydrogen) atoms. The van der Waals surface area contributed by atoms with E-state index in [4.69, 9.17) is 22.1 Å². The van der Waals surface area contributed by atoms with Gasteiger partial charge in [-0.05, 0) is 17.7 Å². The molecule has 2 heterocycles. The zero-order valence-electron chi connectivity index (χ0n) is 18.7. The van der Waals surface area contributed by atoms with Gasteiger partial charge in [-0.3, -0.25) is 14.4 Å². The number of nitrogens with zero attached hydrogens (tertiary/aromatic N) is 3. The predicted molar refractivity (Wildman–Crippen MR) is 128 cm³/mol. The molecule has 1 aliphatic heterocycles. The fourth-order valence-electron chi connectivity index (χ4n) is 3.98. The number of aromatic nitrogens is 2. The van der Waals surface area contributed by atoms with Crippen molar-refractivity contribution in [3.63, 3.8) is 0 Å². The highest BCUT2D eigenvalue weighted by molar-refractivity contribution is 6.38. The summed E-state index contributed by atoms with van der Waals surface area (Å²) in [7, 11) is 1.40. The van der Waals surface area contributed by atoms with Gasteiger partial charge in [-0.2, -0.15) is 4.98 Å². The number of quaternary nitrogens is 1. The van der Waals surface area contributed by atoms with Gasteiger partial charge in [-0.1, -0.05) is 48.0 Å². The minimum Gasteiger partial charge on any atom is -0.481 e. The summed E-state index contributed by atoms with van der Waals surface area (Å²) in [5.74, 6) is -5.57. The Kier molecular flexibility index (Phi) is 6.44. The van der Waals surface area contributed by atoms with E-state index in [9.17, 15) is 28.7 Å². The van der Waals surface area contributed by atoms with Crippen LogP contribution in [0.5, 0.6) is 5.75 Å². The largest absolute Gasteiger partial charge is 0.481 e. The molecule has 0 saturated heterocycles. The highest BCUT2D eigenvalue weighted by Gasteiger charge is 2.49. The number of carbonyl (C=O) groups excluding carboxylic acids is 2. The number of likely N-dealkylation sites (N-methyl/N-ethyl adjacent to an activating group) is 1. The lowest BCUT2D eigenvalue weighted by Gasteiger charge is -2.32. The number of benzene rings is 2. The Labute approximate surface area is 208 Å². The standard InChI is InChI=1S/C24H18ClFN4O6/c1-30(18(19(31)21(27)32)14-7-8-15(25)16(26)11-14)10-9-29-22(33)20(17(23(34)35)28-24(29)30)36-12-13-5-3-2-4-6-13/h2-11,18H,12H2,1H3,(H2-,27,32,34,35)/p+1. The summed E-state index contributed by atoms with van der Waals surface area (Å²) in [4.78, 5) is 54.3. The Morgan fingerprint density at radius 2 is 1.92 bits per heavy atom. The van der Waals surface area contributed by atoms with E-state index in [1.54, 1.807) is 30.3 Å². The summed E-state index contributed by atoms with van der Waals surface area (Å²) >= 11 is 5.76. The molecule has 0 saturated carbocycles. The van der Waals surface area contributed by atoms with E-state index in [1.165, 1.54) is 31.6 Å². The molecule has 0 spiro atoms. The number of fused-ring (bicyclic) bond motifs is 1. The number of primary amides is 1. The summed E-state index contributed by atoms with van der Waals surface area (Å²) in [6, 6.07) is 10.8. The molecular formula is C24H19ClFN4O6+. The third kappa shape index (κ3) is 4.25. The predicted octanol–water partition coefficient (Wildman–Crippen LogP) is 2.49. The monoisotopic (exact) mass is 513 g/mol. The van der Waals surface area contributed by atoms with Crippen molar-refractivity contribution in [1.29, 1.82) is 0 Å². The van der Waals surface area contributed by atoms with Gasteiger partial charge in [0, 0.05) is 5.56 Å². The van der Waals surface area contributed by atoms with Crippen molar-refractivity contribution in [3.8, 4) is 5.75 Å². The first-order chi connectivity index (χ1) is 17.0. The first-order valence-electron chi connectivity index (χ1n) is 10.5. The maximum Gasteiger partial charge on any atom is 0.358 e. The molecule has 12 heteroatoms. The second-order valence-electron chi connectivity index (χ2n) is 8.09. The van der Waals surface area contributed by atoms with Gasteiger partial charge >= 0.3 is 17.5 Å². The summed E-state index contributed by atoms with van der Waals surface area (Å²) < 4.78 is 20.1. The number of carboxylic acid groups (broad SMARTS) is 1. The zero-order chi connectivity index (χ0) is 26.2. The number of carbonyl (C=O) groups is 3. The number of ketones is 1. The van der Waals surface area contributed by atoms with E-state index in [-0.39, 0.29) is 23.1 Å². The van der Waals surface area contributed by atoms with Crippen LogP contribution in [0, 0.1) is 5.82 Å². The highest BCUT2D eigenvalue weighted by atomic mass is 35.5. The van der Waals surface area contributed by atoms with Crippen molar-refractivity contribution in [3.05, 3.63) is 92.7 Å². The number of hydrogen-bond donors (Lipinski definition) is 2. The minimum atomic E-state index is -1.55. The molecule has 0 aliphatic carbocycles. The van der Waals surface area contributed by atoms with E-state index < -0.39 is 51.0 Å². The maximum absolute atomic E-state index is 14.3. The molecule has 4 rings (SSSR count). The molecule has 1 aromatic heterocycles. The smallest absolute Gasteiger partial charge is 0.358 e. The summed E-state index contributed by atoms with van der Waals surface area (Å²) in [5, 5.41) is 9.57. The van der Waals surface area contributed by atoms with Crippen molar-refractivity contribution in [2.75, 3.05) is 7.05 Å². The van der Waals surface area contributed by atoms with E-state index >= 15 is 0 Å². The van der Waals surface area contributed by atoms with E-state index in [0.29, 0.717) is 5.56 Å². The number of amides is 1. The maximum atomic E-state index is 14.3. The van der Waals surface area contributed by atoms with Gasteiger partial charge in [0.2, 0.25) is 11.4 Å². The molecule has 2 atom stereocenters. The summed E-state index contributed by atoms with van der Waals surface area (Å²) in [6.45, 7) is -0.0972. The molecule has 10 nitrogen and oxygen atoms in total. The second kappa shape index (κ2) is 9.36. The molecule has 3 N–H and O–H groups in total. The van der Waals surface area contributed by atoms with Gasteiger partial charge in [-0.15, -0.1) is 0 Å². The van der Waals surface area contributed by atoms with Gasteiger partial charge < -0.3 is 15.6 Å². The zero-order valence-corrected chi connectivity index (χ0v) is 19.5. The Morgan fingerprint density at radius 3 is 2.53 bits per heavy atom. The SMILES string of the molecule is C[N+]1(C(C(=O)C(N)=O)c2ccc(Cl)c(F)c2)C=Cn2c1nc(C(=O)O)c(OCc1ccccc1)c2=O. The normalized spacial score (nSPS) is 16.9. The molecule has 3 aromatic rings. The summed E-state index contributed by atoms with van der Waals surface area (Å²) in [5.41, 5.74) is 4.43. The Balaban J connectivity index is 1.86. The minimum absolute atomic E-state index is 0.0110. The van der Waals surface area contributed by atoms with Crippen LogP contribution in [0.25, 0.3) is 6.20 Å². The lowest BCUT2D eigenvalue weighted by Crippen LogP contribution is -2.50. The number of aromatic carboxylic acids is 1. The molecule has 2 aromatic carbocycles. The Bertz CT molecular complexity index is 1490. The van der Waals surface area contributed by atoms with Crippen LogP contribution in [0.1, 0.15) is 27.7 Å². The average Bonchev–Trinajstić information content (AvgIpc) is 3.18. The van der Waals surface area contributed by atoms with Crippen LogP contribution in [0.4, 0.5) is 10.3 Å². The number of nitrogens with two attached hydrogens (primary N) is 1. The number of hydrogen-bond acceptors (Lipinski definition) is 6. The van der Waals surface area contributed by atoms with Crippen molar-refractivity contribution in [1.82, 2.24) is 14.0 Å². The van der Waals surface area contributed by atoms with Gasteiger partial charge in [-0.25, -0.2) is 18.2 Å². The van der Waals surface area contributed by atoms with Crippen LogP contribution >= 0.6 is 11.6 Å². The van der Waals surface area contributed by atoms with Crippen LogP contribution in [0.2, 0.25) is 5.02 Å². The van der Waals surface area contributed by atoms with Crippen molar-refractivity contribution in [2.45, 2.75) is 12.6 Å². The van der Waals surface area contributed by atoms with E-state index in [1.807, 2.05) is 0 Å². The number of rotatable bonds is 8. The van der Waals surface area contributed by atoms with E-state index in [2.05, 4.69) is 4.98 Å². The summed E-state index contributed by atoms with van der Waals surface area (Å²) in [6.07, 6.45) is 2.60. The topological polar surface area (TPSA) is 142 Å². The second-order valence-corrected chi connectivity index (χ2v) is 8.50. The van der Waals surface area contributed by atoms with Crippen molar-refractivity contribution in [2.24, 2.45) is 5.73 Å². The molecule has 1 aliphatic rings. The van der Waals surface area contributed by atoms with Gasteiger partial charge in [0.25, 0.3) is 11.7 Å². The first-order valence-corrected chi connectivity index (χ1v) is 10.8. The van der Waals surface area contributed by atoms with Crippen LogP contribution in [0.3, 0.4) is 0 Å². The molecule has 1 amide bonds. The molecule has 0 bridgehead atoms. The molecule has 0 fully saturated rings. The van der Waals surface area contributed by atoms with Gasteiger partial charge in [0.15, 0.2) is 6.04 Å². The molecule has 2 unspecified atom stereocenters. The van der Waals surface area contributed by atoms with Crippen molar-refractivity contribution >= 4 is 41.4 Å². The van der Waals surface area contributed by atoms with Gasteiger partial charge in [0.1, 0.15) is 18.6 Å². The van der Waals surface area contributed by atoms with Crippen LogP contribution < -0.4 is 20.5 Å². The van der Waals surface area contributed by atoms with Crippen LogP contribution in [-0.2, 0) is 16.2 Å². The van der Waals surface area contributed by atoms with E-state index in [0.717, 1.165) is 10.6 Å². The van der Waals surface area contributed by atoms with Crippen molar-refractivity contribution < 1.29 is 28.6 Å². The molecule has 0 radical (unpaired) electrons. The quantitative estimate of drug-likeness (QED) is 0.348. The Hall–Kier alpha value is -4.35. The lowest BCUT2D eigenvalue weighted by molar-refractivity contribution is -0.138. The molecule has 184 valence electrons. The molecular weight excluding hydrogens is 495 g/mol. The highest BCUT2D eigenvalue weighted by Crippen LogP contribution is 2.38. The lowest BCUT2D eigenvalue weighted by atomic mass is 9.98.